The normalized spacial score (nSPS) is 13.1. The monoisotopic (exact) mass is 1120 g/mol. The van der Waals surface area contributed by atoms with Crippen molar-refractivity contribution < 1.29 is 28.6 Å². The highest BCUT2D eigenvalue weighted by Gasteiger charge is 2.19. The lowest BCUT2D eigenvalue weighted by atomic mass is 10.1. The molecular weight excluding hydrogens is 997 g/mol. The quantitative estimate of drug-likeness (QED) is 0.0261. The molecule has 0 aliphatic rings. The van der Waals surface area contributed by atoms with Crippen molar-refractivity contribution in [2.75, 3.05) is 13.2 Å². The van der Waals surface area contributed by atoms with Gasteiger partial charge in [0.25, 0.3) is 0 Å². The number of allylic oxidation sites excluding steroid dienone is 24. The molecule has 0 N–H and O–H groups in total. The number of esters is 3. The second kappa shape index (κ2) is 67.8. The molecule has 0 aromatic rings. The van der Waals surface area contributed by atoms with Crippen molar-refractivity contribution in [2.45, 2.75) is 297 Å². The summed E-state index contributed by atoms with van der Waals surface area (Å²) in [6.07, 6.45) is 97.1. The van der Waals surface area contributed by atoms with Crippen LogP contribution in [0.5, 0.6) is 0 Å². The SMILES string of the molecule is CC/C=C\C/C=C\C/C=C\C/C=C\C/C=C\C/C=C\CCCCCCCCCCC(=O)OCC(COC(=O)CCCCCCC/C=C\CCCCCC)OC(=O)CCCCCCCCC/C=C\C/C=C\C/C=C\C/C=C\C/C=C\CC. The first-order valence-corrected chi connectivity index (χ1v) is 33.3. The van der Waals surface area contributed by atoms with E-state index in [0.29, 0.717) is 19.3 Å². The second-order valence-corrected chi connectivity index (χ2v) is 21.6. The highest BCUT2D eigenvalue weighted by molar-refractivity contribution is 5.71. The Morgan fingerprint density at radius 1 is 0.259 bits per heavy atom. The number of carbonyl (C=O) groups excluding carboxylic acids is 3. The van der Waals surface area contributed by atoms with Crippen molar-refractivity contribution in [1.29, 1.82) is 0 Å². The largest absolute Gasteiger partial charge is 0.462 e. The molecule has 0 aliphatic carbocycles. The summed E-state index contributed by atoms with van der Waals surface area (Å²) in [5.41, 5.74) is 0. The Labute approximate surface area is 499 Å². The first-order chi connectivity index (χ1) is 40.0. The fourth-order valence-electron chi connectivity index (χ4n) is 8.88. The molecule has 0 aromatic heterocycles. The molecule has 6 heteroatoms. The van der Waals surface area contributed by atoms with Gasteiger partial charge in [0.05, 0.1) is 0 Å². The van der Waals surface area contributed by atoms with Gasteiger partial charge in [-0.2, -0.15) is 0 Å². The predicted octanol–water partition coefficient (Wildman–Crippen LogP) is 23.1. The van der Waals surface area contributed by atoms with Crippen LogP contribution in [0.1, 0.15) is 290 Å². The van der Waals surface area contributed by atoms with Gasteiger partial charge in [0.2, 0.25) is 0 Å². The Hall–Kier alpha value is -4.71. The van der Waals surface area contributed by atoms with E-state index in [0.717, 1.165) is 161 Å². The first-order valence-electron chi connectivity index (χ1n) is 33.3. The summed E-state index contributed by atoms with van der Waals surface area (Å²) in [4.78, 5) is 38.4. The molecule has 6 nitrogen and oxygen atoms in total. The number of ether oxygens (including phenoxy) is 3. The number of rotatable bonds is 59. The zero-order valence-electron chi connectivity index (χ0n) is 52.5. The molecule has 0 amide bonds. The summed E-state index contributed by atoms with van der Waals surface area (Å²) in [5, 5.41) is 0. The van der Waals surface area contributed by atoms with Crippen LogP contribution in [0.4, 0.5) is 0 Å². The number of hydrogen-bond acceptors (Lipinski definition) is 6. The summed E-state index contributed by atoms with van der Waals surface area (Å²) in [7, 11) is 0. The third-order valence-corrected chi connectivity index (χ3v) is 13.8. The molecule has 1 atom stereocenters. The summed E-state index contributed by atoms with van der Waals surface area (Å²) < 4.78 is 16.9. The Morgan fingerprint density at radius 3 is 0.765 bits per heavy atom. The summed E-state index contributed by atoms with van der Waals surface area (Å²) >= 11 is 0. The van der Waals surface area contributed by atoms with Gasteiger partial charge in [0, 0.05) is 19.3 Å². The van der Waals surface area contributed by atoms with Crippen LogP contribution in [0.2, 0.25) is 0 Å². The van der Waals surface area contributed by atoms with E-state index in [1.54, 1.807) is 0 Å². The molecule has 0 spiro atoms. The highest BCUT2D eigenvalue weighted by atomic mass is 16.6. The molecule has 0 saturated heterocycles. The van der Waals surface area contributed by atoms with Crippen molar-refractivity contribution in [3.05, 3.63) is 146 Å². The van der Waals surface area contributed by atoms with Crippen molar-refractivity contribution in [1.82, 2.24) is 0 Å². The number of hydrogen-bond donors (Lipinski definition) is 0. The maximum atomic E-state index is 12.9. The van der Waals surface area contributed by atoms with Gasteiger partial charge in [-0.25, -0.2) is 0 Å². The Kier molecular flexibility index (Phi) is 63.9. The van der Waals surface area contributed by atoms with Gasteiger partial charge in [0.1, 0.15) is 13.2 Å². The molecule has 0 aromatic carbocycles. The van der Waals surface area contributed by atoms with E-state index in [1.807, 2.05) is 0 Å². The molecule has 0 aliphatic heterocycles. The molecule has 81 heavy (non-hydrogen) atoms. The molecule has 0 bridgehead atoms. The molecule has 1 unspecified atom stereocenters. The highest BCUT2D eigenvalue weighted by Crippen LogP contribution is 2.15. The Balaban J connectivity index is 4.39. The van der Waals surface area contributed by atoms with Gasteiger partial charge in [-0.15, -0.1) is 0 Å². The average molecular weight is 1120 g/mol. The lowest BCUT2D eigenvalue weighted by Crippen LogP contribution is -2.30. The van der Waals surface area contributed by atoms with Crippen LogP contribution < -0.4 is 0 Å². The predicted molar refractivity (Wildman–Crippen MR) is 352 cm³/mol. The fraction of sp³-hybridized carbons (Fsp3) is 0.640. The molecular formula is C75H122O6. The van der Waals surface area contributed by atoms with Crippen LogP contribution in [0, 0.1) is 0 Å². The molecule has 0 rings (SSSR count). The second-order valence-electron chi connectivity index (χ2n) is 21.6. The third-order valence-electron chi connectivity index (χ3n) is 13.8. The van der Waals surface area contributed by atoms with E-state index in [1.165, 1.54) is 89.9 Å². The first kappa shape index (κ1) is 76.3. The van der Waals surface area contributed by atoms with Crippen LogP contribution in [0.15, 0.2) is 146 Å². The lowest BCUT2D eigenvalue weighted by Gasteiger charge is -2.18. The molecule has 0 heterocycles. The number of unbranched alkanes of at least 4 members (excludes halogenated alkanes) is 24. The van der Waals surface area contributed by atoms with E-state index in [-0.39, 0.29) is 31.1 Å². The summed E-state index contributed by atoms with van der Waals surface area (Å²) in [5.74, 6) is -0.919. The van der Waals surface area contributed by atoms with E-state index >= 15 is 0 Å². The van der Waals surface area contributed by atoms with E-state index in [4.69, 9.17) is 14.2 Å². The minimum Gasteiger partial charge on any atom is -0.462 e. The van der Waals surface area contributed by atoms with Gasteiger partial charge >= 0.3 is 17.9 Å². The van der Waals surface area contributed by atoms with Crippen LogP contribution in [0.25, 0.3) is 0 Å². The summed E-state index contributed by atoms with van der Waals surface area (Å²) in [6, 6.07) is 0. The zero-order chi connectivity index (χ0) is 58.5. The van der Waals surface area contributed by atoms with Gasteiger partial charge in [0.15, 0.2) is 6.10 Å². The topological polar surface area (TPSA) is 78.9 Å². The smallest absolute Gasteiger partial charge is 0.306 e. The molecule has 0 fully saturated rings. The van der Waals surface area contributed by atoms with E-state index in [2.05, 4.69) is 167 Å². The number of carbonyl (C=O) groups is 3. The summed E-state index contributed by atoms with van der Waals surface area (Å²) in [6.45, 7) is 6.38. The van der Waals surface area contributed by atoms with Gasteiger partial charge in [-0.1, -0.05) is 276 Å². The minimum atomic E-state index is -0.799. The maximum Gasteiger partial charge on any atom is 0.306 e. The Morgan fingerprint density at radius 2 is 0.481 bits per heavy atom. The van der Waals surface area contributed by atoms with Crippen molar-refractivity contribution in [3.63, 3.8) is 0 Å². The standard InChI is InChI=1S/C75H122O6/c1-4-7-10-13-16-19-22-25-27-29-31-33-35-36-37-38-40-41-43-45-47-50-53-56-59-62-65-68-74(77)80-71-72(70-79-73(76)67-64-61-58-55-52-49-24-21-18-15-12-9-6-3)81-75(78)69-66-63-60-57-54-51-48-46-44-42-39-34-32-30-28-26-23-20-17-14-11-8-5-2/h7-8,10-11,16-17,19-21,24-28,31-34,36-37,40-42,44,72H,4-6,9,12-15,18,22-23,29-30,35,38-39,43,45-71H2,1-3H3/b10-7-,11-8-,19-16-,20-17-,24-21-,27-25-,28-26-,33-31-,34-32-,37-36-,41-40-,44-42-. The van der Waals surface area contributed by atoms with Crippen LogP contribution in [0.3, 0.4) is 0 Å². The fourth-order valence-corrected chi connectivity index (χ4v) is 8.88. The van der Waals surface area contributed by atoms with Gasteiger partial charge in [-0.3, -0.25) is 14.4 Å². The van der Waals surface area contributed by atoms with Crippen molar-refractivity contribution in [3.8, 4) is 0 Å². The van der Waals surface area contributed by atoms with Crippen LogP contribution in [-0.2, 0) is 28.6 Å². The van der Waals surface area contributed by atoms with E-state index < -0.39 is 6.10 Å². The lowest BCUT2D eigenvalue weighted by molar-refractivity contribution is -0.167. The molecule has 458 valence electrons. The molecule has 0 saturated carbocycles. The van der Waals surface area contributed by atoms with Gasteiger partial charge in [-0.05, 0) is 141 Å². The third kappa shape index (κ3) is 66.0. The van der Waals surface area contributed by atoms with Crippen molar-refractivity contribution >= 4 is 17.9 Å². The maximum absolute atomic E-state index is 12.9. The molecule has 0 radical (unpaired) electrons. The average Bonchev–Trinajstić information content (AvgIpc) is 3.46. The van der Waals surface area contributed by atoms with Crippen molar-refractivity contribution in [2.24, 2.45) is 0 Å². The Bertz CT molecular complexity index is 1760. The zero-order valence-corrected chi connectivity index (χ0v) is 52.5. The van der Waals surface area contributed by atoms with Gasteiger partial charge < -0.3 is 14.2 Å². The minimum absolute atomic E-state index is 0.0936. The van der Waals surface area contributed by atoms with E-state index in [9.17, 15) is 14.4 Å². The van der Waals surface area contributed by atoms with Crippen LogP contribution >= 0.6 is 0 Å². The van der Waals surface area contributed by atoms with Crippen LogP contribution in [-0.4, -0.2) is 37.2 Å².